The molecule has 1 aliphatic rings. The van der Waals surface area contributed by atoms with E-state index >= 15 is 0 Å². The fraction of sp³-hybridized carbons (Fsp3) is 0.316. The summed E-state index contributed by atoms with van der Waals surface area (Å²) in [6.45, 7) is 3.07. The van der Waals surface area contributed by atoms with Crippen LogP contribution in [0.1, 0.15) is 39.9 Å². The Balaban J connectivity index is 1.39. The van der Waals surface area contributed by atoms with Gasteiger partial charge in [0.25, 0.3) is 17.4 Å². The molecular formula is C19H18N6O3S. The van der Waals surface area contributed by atoms with E-state index in [1.165, 1.54) is 15.9 Å². The number of aromatic nitrogens is 5. The molecule has 4 aromatic heterocycles. The van der Waals surface area contributed by atoms with E-state index in [0.29, 0.717) is 29.3 Å². The molecule has 5 heterocycles. The van der Waals surface area contributed by atoms with Crippen molar-refractivity contribution in [2.24, 2.45) is 0 Å². The van der Waals surface area contributed by atoms with Crippen LogP contribution >= 0.6 is 11.3 Å². The molecule has 1 fully saturated rings. The number of hydrogen-bond donors (Lipinski definition) is 1. The molecule has 0 spiro atoms. The standard InChI is InChI=1S/C19H18N6O3S/c1-11-9-25-14(17(26)20-11)8-13(22-25)18-21-16(23-28-18)12-4-2-6-24(10-12)19(27)15-5-3-7-29-15/h3,5,7-9,12H,2,4,6,10H2,1H3,(H,20,26)/t12-/m0/s1. The van der Waals surface area contributed by atoms with Crippen molar-refractivity contribution in [3.63, 3.8) is 0 Å². The minimum Gasteiger partial charge on any atom is -0.337 e. The third kappa shape index (κ3) is 3.25. The minimum absolute atomic E-state index is 0.00726. The van der Waals surface area contributed by atoms with E-state index < -0.39 is 0 Å². The topological polar surface area (TPSA) is 109 Å². The molecular weight excluding hydrogens is 392 g/mol. The van der Waals surface area contributed by atoms with E-state index in [2.05, 4.69) is 20.2 Å². The maximum absolute atomic E-state index is 12.6. The highest BCUT2D eigenvalue weighted by atomic mass is 32.1. The van der Waals surface area contributed by atoms with Crippen LogP contribution in [0.2, 0.25) is 0 Å². The summed E-state index contributed by atoms with van der Waals surface area (Å²) in [4.78, 5) is 34.6. The molecule has 5 rings (SSSR count). The number of likely N-dealkylation sites (tertiary alicyclic amines) is 1. The number of aryl methyl sites for hydroxylation is 1. The molecule has 9 nitrogen and oxygen atoms in total. The van der Waals surface area contributed by atoms with Crippen LogP contribution in [0.25, 0.3) is 17.1 Å². The van der Waals surface area contributed by atoms with E-state index in [0.717, 1.165) is 24.3 Å². The first-order valence-corrected chi connectivity index (χ1v) is 10.2. The van der Waals surface area contributed by atoms with E-state index in [-0.39, 0.29) is 23.3 Å². The largest absolute Gasteiger partial charge is 0.337 e. The monoisotopic (exact) mass is 410 g/mol. The van der Waals surface area contributed by atoms with Gasteiger partial charge in [-0.15, -0.1) is 11.3 Å². The molecule has 148 valence electrons. The molecule has 29 heavy (non-hydrogen) atoms. The number of amides is 1. The minimum atomic E-state index is -0.224. The highest BCUT2D eigenvalue weighted by Crippen LogP contribution is 2.28. The number of nitrogens with zero attached hydrogens (tertiary/aromatic N) is 5. The Morgan fingerprint density at radius 3 is 3.14 bits per heavy atom. The molecule has 1 amide bonds. The summed E-state index contributed by atoms with van der Waals surface area (Å²) in [5, 5.41) is 10.4. The number of piperidine rings is 1. The van der Waals surface area contributed by atoms with Crippen LogP contribution in [0.15, 0.2) is 39.1 Å². The normalized spacial score (nSPS) is 17.1. The number of rotatable bonds is 3. The number of aromatic amines is 1. The van der Waals surface area contributed by atoms with Crippen molar-refractivity contribution in [3.8, 4) is 11.6 Å². The first-order valence-electron chi connectivity index (χ1n) is 9.34. The van der Waals surface area contributed by atoms with Crippen LogP contribution in [0.4, 0.5) is 0 Å². The summed E-state index contributed by atoms with van der Waals surface area (Å²) in [5.74, 6) is 0.879. The quantitative estimate of drug-likeness (QED) is 0.556. The molecule has 10 heteroatoms. The summed E-state index contributed by atoms with van der Waals surface area (Å²) in [6.07, 6.45) is 3.50. The highest BCUT2D eigenvalue weighted by Gasteiger charge is 2.29. The summed E-state index contributed by atoms with van der Waals surface area (Å²) >= 11 is 1.45. The van der Waals surface area contributed by atoms with E-state index in [4.69, 9.17) is 4.52 Å². The lowest BCUT2D eigenvalue weighted by molar-refractivity contribution is 0.0708. The van der Waals surface area contributed by atoms with Crippen molar-refractivity contribution >= 4 is 22.8 Å². The van der Waals surface area contributed by atoms with Gasteiger partial charge in [-0.25, -0.2) is 4.52 Å². The van der Waals surface area contributed by atoms with Gasteiger partial charge in [0, 0.05) is 37.0 Å². The Labute approximate surface area is 169 Å². The van der Waals surface area contributed by atoms with Crippen molar-refractivity contribution < 1.29 is 9.32 Å². The Bertz CT molecular complexity index is 1240. The zero-order chi connectivity index (χ0) is 20.0. The SMILES string of the molecule is Cc1cn2nc(-c3nc([C@H]4CCCN(C(=O)c5cccs5)C4)no3)cc2c(=O)[nH]1. The molecule has 0 bridgehead atoms. The third-order valence-electron chi connectivity index (χ3n) is 5.06. The van der Waals surface area contributed by atoms with Crippen molar-refractivity contribution in [2.45, 2.75) is 25.7 Å². The second-order valence-electron chi connectivity index (χ2n) is 7.15. The first kappa shape index (κ1) is 17.8. The molecule has 1 atom stereocenters. The molecule has 0 aromatic carbocycles. The van der Waals surface area contributed by atoms with Gasteiger partial charge in [-0.1, -0.05) is 11.2 Å². The molecule has 1 N–H and O–H groups in total. The predicted molar refractivity (Wildman–Crippen MR) is 106 cm³/mol. The van der Waals surface area contributed by atoms with Crippen LogP contribution in [-0.2, 0) is 0 Å². The lowest BCUT2D eigenvalue weighted by Gasteiger charge is -2.30. The Kier molecular flexibility index (Phi) is 4.27. The van der Waals surface area contributed by atoms with Crippen LogP contribution < -0.4 is 5.56 Å². The Hall–Kier alpha value is -3.27. The summed E-state index contributed by atoms with van der Waals surface area (Å²) in [6, 6.07) is 5.35. The lowest BCUT2D eigenvalue weighted by Crippen LogP contribution is -2.39. The van der Waals surface area contributed by atoms with Crippen molar-refractivity contribution in [1.82, 2.24) is 29.6 Å². The van der Waals surface area contributed by atoms with Gasteiger partial charge >= 0.3 is 0 Å². The van der Waals surface area contributed by atoms with Gasteiger partial charge < -0.3 is 14.4 Å². The van der Waals surface area contributed by atoms with Gasteiger partial charge in [-0.2, -0.15) is 10.1 Å². The predicted octanol–water partition coefficient (Wildman–Crippen LogP) is 2.46. The fourth-order valence-electron chi connectivity index (χ4n) is 3.66. The molecule has 0 aliphatic carbocycles. The fourth-order valence-corrected chi connectivity index (χ4v) is 4.35. The van der Waals surface area contributed by atoms with Gasteiger partial charge in [0.2, 0.25) is 0 Å². The highest BCUT2D eigenvalue weighted by molar-refractivity contribution is 7.12. The van der Waals surface area contributed by atoms with Gasteiger partial charge in [0.15, 0.2) is 11.5 Å². The molecule has 0 unspecified atom stereocenters. The summed E-state index contributed by atoms with van der Waals surface area (Å²) < 4.78 is 6.93. The van der Waals surface area contributed by atoms with Crippen molar-refractivity contribution in [3.05, 3.63) is 56.5 Å². The average Bonchev–Trinajstić information content (AvgIpc) is 3.46. The Morgan fingerprint density at radius 2 is 2.31 bits per heavy atom. The smallest absolute Gasteiger partial charge is 0.278 e. The molecule has 1 aliphatic heterocycles. The first-order chi connectivity index (χ1) is 14.1. The molecule has 1 saturated heterocycles. The van der Waals surface area contributed by atoms with Gasteiger partial charge in [-0.05, 0) is 31.2 Å². The average molecular weight is 410 g/mol. The number of fused-ring (bicyclic) bond motifs is 1. The summed E-state index contributed by atoms with van der Waals surface area (Å²) in [5.41, 5.74) is 1.34. The number of nitrogens with one attached hydrogen (secondary N) is 1. The van der Waals surface area contributed by atoms with Gasteiger partial charge in [0.05, 0.1) is 4.88 Å². The van der Waals surface area contributed by atoms with Gasteiger partial charge in [0.1, 0.15) is 5.52 Å². The molecule has 0 saturated carbocycles. The van der Waals surface area contributed by atoms with E-state index in [1.807, 2.05) is 22.4 Å². The molecule has 4 aromatic rings. The maximum Gasteiger partial charge on any atom is 0.278 e. The summed E-state index contributed by atoms with van der Waals surface area (Å²) in [7, 11) is 0. The van der Waals surface area contributed by atoms with E-state index in [1.54, 1.807) is 19.2 Å². The zero-order valence-corrected chi connectivity index (χ0v) is 16.5. The number of hydrogen-bond acceptors (Lipinski definition) is 7. The number of thiophene rings is 1. The second kappa shape index (κ2) is 6.96. The van der Waals surface area contributed by atoms with Crippen LogP contribution in [0.3, 0.4) is 0 Å². The number of carbonyl (C=O) groups excluding carboxylic acids is 1. The number of carbonyl (C=O) groups is 1. The number of H-pyrrole nitrogens is 1. The van der Waals surface area contributed by atoms with Crippen molar-refractivity contribution in [2.75, 3.05) is 13.1 Å². The van der Waals surface area contributed by atoms with Crippen LogP contribution in [-0.4, -0.2) is 48.6 Å². The third-order valence-corrected chi connectivity index (χ3v) is 5.92. The van der Waals surface area contributed by atoms with Crippen LogP contribution in [0, 0.1) is 6.92 Å². The Morgan fingerprint density at radius 1 is 1.41 bits per heavy atom. The van der Waals surface area contributed by atoms with E-state index in [9.17, 15) is 9.59 Å². The molecule has 0 radical (unpaired) electrons. The second-order valence-corrected chi connectivity index (χ2v) is 8.10. The van der Waals surface area contributed by atoms with Crippen molar-refractivity contribution in [1.29, 1.82) is 0 Å². The van der Waals surface area contributed by atoms with Gasteiger partial charge in [-0.3, -0.25) is 9.59 Å². The lowest BCUT2D eigenvalue weighted by atomic mass is 9.97. The maximum atomic E-state index is 12.6. The van der Waals surface area contributed by atoms with Crippen LogP contribution in [0.5, 0.6) is 0 Å². The zero-order valence-electron chi connectivity index (χ0n) is 15.7.